The van der Waals surface area contributed by atoms with Crippen LogP contribution in [-0.4, -0.2) is 34.6 Å². The number of benzene rings is 1. The predicted molar refractivity (Wildman–Crippen MR) is 91.4 cm³/mol. The van der Waals surface area contributed by atoms with Gasteiger partial charge >= 0.3 is 6.09 Å². The van der Waals surface area contributed by atoms with E-state index in [2.05, 4.69) is 20.8 Å². The van der Waals surface area contributed by atoms with Crippen LogP contribution in [0.15, 0.2) is 28.6 Å². The van der Waals surface area contributed by atoms with E-state index in [0.29, 0.717) is 20.2 Å². The maximum Gasteiger partial charge on any atom is 0.413 e. The fourth-order valence-corrected chi connectivity index (χ4v) is 3.17. The fourth-order valence-electron chi connectivity index (χ4n) is 1.45. The minimum absolute atomic E-state index is 0.152. The van der Waals surface area contributed by atoms with E-state index in [4.69, 9.17) is 16.3 Å². The van der Waals surface area contributed by atoms with Crippen LogP contribution in [0.5, 0.6) is 0 Å². The van der Waals surface area contributed by atoms with E-state index in [1.54, 1.807) is 31.2 Å². The molecule has 23 heavy (non-hydrogen) atoms. The van der Waals surface area contributed by atoms with E-state index in [1.807, 2.05) is 0 Å². The van der Waals surface area contributed by atoms with Crippen LogP contribution < -0.4 is 10.6 Å². The average molecular weight is 373 g/mol. The lowest BCUT2D eigenvalue weighted by molar-refractivity contribution is -0.113. The van der Waals surface area contributed by atoms with Crippen LogP contribution in [0.2, 0.25) is 5.02 Å². The molecule has 0 radical (unpaired) electrons. The minimum atomic E-state index is -0.586. The van der Waals surface area contributed by atoms with Crippen LogP contribution in [0.4, 0.5) is 15.6 Å². The van der Waals surface area contributed by atoms with Gasteiger partial charge in [0.15, 0.2) is 4.34 Å². The average Bonchev–Trinajstić information content (AvgIpc) is 2.95. The van der Waals surface area contributed by atoms with Gasteiger partial charge in [0.05, 0.1) is 23.1 Å². The smallest absolute Gasteiger partial charge is 0.413 e. The molecule has 0 fully saturated rings. The Balaban J connectivity index is 1.82. The van der Waals surface area contributed by atoms with Gasteiger partial charge < -0.3 is 10.1 Å². The molecule has 0 saturated heterocycles. The first-order chi connectivity index (χ1) is 11.1. The number of carbonyl (C=O) groups is 2. The molecule has 0 aliphatic rings. The highest BCUT2D eigenvalue weighted by molar-refractivity contribution is 8.01. The van der Waals surface area contributed by atoms with Gasteiger partial charge in [-0.3, -0.25) is 10.1 Å². The first-order valence-electron chi connectivity index (χ1n) is 6.53. The van der Waals surface area contributed by atoms with E-state index < -0.39 is 6.09 Å². The molecule has 2 rings (SSSR count). The molecule has 2 aromatic rings. The molecule has 10 heteroatoms. The first-order valence-corrected chi connectivity index (χ1v) is 8.71. The van der Waals surface area contributed by atoms with Crippen molar-refractivity contribution in [1.82, 2.24) is 10.2 Å². The number of thioether (sulfide) groups is 1. The predicted octanol–water partition coefficient (Wildman–Crippen LogP) is 3.49. The van der Waals surface area contributed by atoms with Crippen LogP contribution >= 0.6 is 34.7 Å². The number of ether oxygens (including phenoxy) is 1. The molecule has 1 aromatic heterocycles. The quantitative estimate of drug-likeness (QED) is 0.595. The Morgan fingerprint density at radius 3 is 2.83 bits per heavy atom. The van der Waals surface area contributed by atoms with E-state index in [-0.39, 0.29) is 18.3 Å². The maximum absolute atomic E-state index is 11.9. The van der Waals surface area contributed by atoms with Crippen molar-refractivity contribution in [3.05, 3.63) is 29.3 Å². The highest BCUT2D eigenvalue weighted by Gasteiger charge is 2.11. The van der Waals surface area contributed by atoms with E-state index in [1.165, 1.54) is 11.8 Å². The minimum Gasteiger partial charge on any atom is -0.450 e. The number of halogens is 1. The number of amides is 2. The number of carbonyl (C=O) groups excluding carboxylic acids is 2. The summed E-state index contributed by atoms with van der Waals surface area (Å²) < 4.78 is 5.30. The third kappa shape index (κ3) is 5.70. The number of para-hydroxylation sites is 1. The second-order valence-electron chi connectivity index (χ2n) is 4.04. The summed E-state index contributed by atoms with van der Waals surface area (Å²) in [5.41, 5.74) is 0.557. The monoisotopic (exact) mass is 372 g/mol. The zero-order valence-corrected chi connectivity index (χ0v) is 14.4. The Hall–Kier alpha value is -1.84. The number of anilines is 2. The maximum atomic E-state index is 11.9. The largest absolute Gasteiger partial charge is 0.450 e. The van der Waals surface area contributed by atoms with E-state index in [0.717, 1.165) is 11.3 Å². The Morgan fingerprint density at radius 2 is 2.09 bits per heavy atom. The molecule has 0 bridgehead atoms. The fraction of sp³-hybridized carbons (Fsp3) is 0.231. The highest BCUT2D eigenvalue weighted by Crippen LogP contribution is 2.26. The molecular formula is C13H13ClN4O3S2. The summed E-state index contributed by atoms with van der Waals surface area (Å²) in [5, 5.41) is 13.6. The van der Waals surface area contributed by atoms with Gasteiger partial charge in [-0.1, -0.05) is 46.8 Å². The van der Waals surface area contributed by atoms with E-state index in [9.17, 15) is 9.59 Å². The SMILES string of the molecule is CCOC(=O)Nc1nnc(SCC(=O)Nc2ccccc2Cl)s1. The van der Waals surface area contributed by atoms with Gasteiger partial charge in [0.2, 0.25) is 11.0 Å². The van der Waals surface area contributed by atoms with Crippen molar-refractivity contribution >= 4 is 57.5 Å². The van der Waals surface area contributed by atoms with Gasteiger partial charge in [0.1, 0.15) is 0 Å². The third-order valence-electron chi connectivity index (χ3n) is 2.37. The molecular weight excluding hydrogens is 360 g/mol. The van der Waals surface area contributed by atoms with Crippen LogP contribution in [-0.2, 0) is 9.53 Å². The molecule has 0 saturated carbocycles. The van der Waals surface area contributed by atoms with Gasteiger partial charge in [0, 0.05) is 0 Å². The molecule has 0 aliphatic carbocycles. The summed E-state index contributed by atoms with van der Waals surface area (Å²) in [6, 6.07) is 6.98. The highest BCUT2D eigenvalue weighted by atomic mass is 35.5. The first kappa shape index (κ1) is 17.5. The summed E-state index contributed by atoms with van der Waals surface area (Å²) >= 11 is 8.34. The number of nitrogens with one attached hydrogen (secondary N) is 2. The molecule has 0 unspecified atom stereocenters. The lowest BCUT2D eigenvalue weighted by Crippen LogP contribution is -2.14. The van der Waals surface area contributed by atoms with Crippen LogP contribution in [0.3, 0.4) is 0 Å². The Morgan fingerprint density at radius 1 is 1.30 bits per heavy atom. The number of hydrogen-bond acceptors (Lipinski definition) is 7. The summed E-state index contributed by atoms with van der Waals surface area (Å²) in [6.07, 6.45) is -0.586. The molecule has 0 atom stereocenters. The second kappa shape index (κ2) is 8.70. The normalized spacial score (nSPS) is 10.2. The van der Waals surface area contributed by atoms with E-state index >= 15 is 0 Å². The number of nitrogens with zero attached hydrogens (tertiary/aromatic N) is 2. The number of hydrogen-bond donors (Lipinski definition) is 2. The Kier molecular flexibility index (Phi) is 6.63. The standard InChI is InChI=1S/C13H13ClN4O3S2/c1-2-21-12(20)16-11-17-18-13(23-11)22-7-10(19)15-9-6-4-3-5-8(9)14/h3-6H,2,7H2,1H3,(H,15,19)(H,16,17,20). The summed E-state index contributed by atoms with van der Waals surface area (Å²) in [6.45, 7) is 1.98. The second-order valence-corrected chi connectivity index (χ2v) is 6.64. The molecule has 1 aromatic carbocycles. The van der Waals surface area contributed by atoms with Gasteiger partial charge in [-0.15, -0.1) is 10.2 Å². The molecule has 2 N–H and O–H groups in total. The van der Waals surface area contributed by atoms with Crippen molar-refractivity contribution < 1.29 is 14.3 Å². The van der Waals surface area contributed by atoms with Crippen LogP contribution in [0.1, 0.15) is 6.92 Å². The van der Waals surface area contributed by atoms with Crippen molar-refractivity contribution in [2.75, 3.05) is 23.0 Å². The Bertz CT molecular complexity index is 695. The molecule has 2 amide bonds. The third-order valence-corrected chi connectivity index (χ3v) is 4.67. The summed E-state index contributed by atoms with van der Waals surface area (Å²) in [4.78, 5) is 23.1. The van der Waals surface area contributed by atoms with Gasteiger partial charge in [0.25, 0.3) is 0 Å². The molecule has 7 nitrogen and oxygen atoms in total. The van der Waals surface area contributed by atoms with Crippen molar-refractivity contribution in [3.63, 3.8) is 0 Å². The van der Waals surface area contributed by atoms with Crippen molar-refractivity contribution in [1.29, 1.82) is 0 Å². The number of rotatable bonds is 6. The molecule has 0 aliphatic heterocycles. The van der Waals surface area contributed by atoms with Crippen LogP contribution in [0.25, 0.3) is 0 Å². The lowest BCUT2D eigenvalue weighted by atomic mass is 10.3. The molecule has 0 spiro atoms. The zero-order chi connectivity index (χ0) is 16.7. The molecule has 122 valence electrons. The van der Waals surface area contributed by atoms with Crippen LogP contribution in [0, 0.1) is 0 Å². The topological polar surface area (TPSA) is 93.2 Å². The number of aromatic nitrogens is 2. The van der Waals surface area contributed by atoms with Gasteiger partial charge in [-0.05, 0) is 19.1 Å². The lowest BCUT2D eigenvalue weighted by Gasteiger charge is -2.05. The van der Waals surface area contributed by atoms with Gasteiger partial charge in [-0.25, -0.2) is 4.79 Å². The van der Waals surface area contributed by atoms with Crippen molar-refractivity contribution in [2.24, 2.45) is 0 Å². The molecule has 1 heterocycles. The Labute approximate surface area is 145 Å². The van der Waals surface area contributed by atoms with Crippen molar-refractivity contribution in [2.45, 2.75) is 11.3 Å². The summed E-state index contributed by atoms with van der Waals surface area (Å²) in [7, 11) is 0. The zero-order valence-electron chi connectivity index (χ0n) is 12.0. The summed E-state index contributed by atoms with van der Waals surface area (Å²) in [5.74, 6) is -0.0580. The van der Waals surface area contributed by atoms with Crippen molar-refractivity contribution in [3.8, 4) is 0 Å². The van der Waals surface area contributed by atoms with Gasteiger partial charge in [-0.2, -0.15) is 0 Å².